The molecule has 2 unspecified atom stereocenters. The molecule has 2 atom stereocenters. The maximum Gasteiger partial charge on any atom is 0.184 e. The average molecular weight is 385 g/mol. The Bertz CT molecular complexity index is 939. The fourth-order valence-electron chi connectivity index (χ4n) is 3.85. The van der Waals surface area contributed by atoms with Crippen LogP contribution in [0.1, 0.15) is 39.9 Å². The molecule has 1 aromatic carbocycles. The molecule has 6 heteroatoms. The molecule has 5 nitrogen and oxygen atoms in total. The van der Waals surface area contributed by atoms with Crippen LogP contribution < -0.4 is 5.32 Å². The highest BCUT2D eigenvalue weighted by Gasteiger charge is 2.33. The molecule has 27 heavy (non-hydrogen) atoms. The molecule has 2 aromatic heterocycles. The van der Waals surface area contributed by atoms with Gasteiger partial charge in [0.1, 0.15) is 5.76 Å². The van der Waals surface area contributed by atoms with Gasteiger partial charge in [-0.15, -0.1) is 0 Å². The number of rotatable bonds is 4. The molecule has 0 aliphatic carbocycles. The van der Waals surface area contributed by atoms with Gasteiger partial charge in [0.25, 0.3) is 0 Å². The summed E-state index contributed by atoms with van der Waals surface area (Å²) in [5, 5.41) is 8.55. The average Bonchev–Trinajstić information content (AvgIpc) is 3.31. The van der Waals surface area contributed by atoms with E-state index in [2.05, 4.69) is 61.3 Å². The van der Waals surface area contributed by atoms with E-state index in [1.165, 1.54) is 17.7 Å². The van der Waals surface area contributed by atoms with Gasteiger partial charge in [0.15, 0.2) is 5.13 Å². The number of aromatic nitrogens is 2. The van der Waals surface area contributed by atoms with Crippen LogP contribution in [0.4, 0.5) is 5.13 Å². The summed E-state index contributed by atoms with van der Waals surface area (Å²) in [6.45, 7) is 13.5. The molecule has 0 spiro atoms. The van der Waals surface area contributed by atoms with Gasteiger partial charge >= 0.3 is 0 Å². The first-order chi connectivity index (χ1) is 12.8. The Balaban J connectivity index is 1.49. The van der Waals surface area contributed by atoms with Crippen LogP contribution in [0, 0.1) is 12.8 Å². The third-order valence-electron chi connectivity index (χ3n) is 5.68. The van der Waals surface area contributed by atoms with E-state index in [4.69, 9.17) is 9.51 Å². The molecule has 1 aliphatic heterocycles. The molecule has 3 aromatic rings. The summed E-state index contributed by atoms with van der Waals surface area (Å²) in [5.41, 5.74) is 3.46. The molecule has 1 saturated heterocycles. The first-order valence-electron chi connectivity index (χ1n) is 9.65. The number of benzene rings is 1. The number of thiazole rings is 1. The number of aryl methyl sites for hydroxylation is 1. The minimum atomic E-state index is 0.251. The van der Waals surface area contributed by atoms with E-state index >= 15 is 0 Å². The maximum absolute atomic E-state index is 5.20. The van der Waals surface area contributed by atoms with Gasteiger partial charge in [-0.3, -0.25) is 4.90 Å². The van der Waals surface area contributed by atoms with Crippen molar-refractivity contribution < 1.29 is 4.52 Å². The Morgan fingerprint density at radius 1 is 1.33 bits per heavy atom. The number of anilines is 1. The van der Waals surface area contributed by atoms with Crippen molar-refractivity contribution in [3.8, 4) is 11.1 Å². The fourth-order valence-corrected chi connectivity index (χ4v) is 4.85. The molecular weight excluding hydrogens is 356 g/mol. The SMILES string of the molecule is Cc1oncc1-c1ccc2nc(NC(C)C3CCN(C(C)(C)C)C3)sc2c1. The lowest BCUT2D eigenvalue weighted by Crippen LogP contribution is -2.40. The minimum absolute atomic E-state index is 0.251. The summed E-state index contributed by atoms with van der Waals surface area (Å²) in [7, 11) is 0. The van der Waals surface area contributed by atoms with Gasteiger partial charge in [0.2, 0.25) is 0 Å². The number of nitrogens with one attached hydrogen (secondary N) is 1. The predicted molar refractivity (Wildman–Crippen MR) is 112 cm³/mol. The summed E-state index contributed by atoms with van der Waals surface area (Å²) < 4.78 is 6.39. The summed E-state index contributed by atoms with van der Waals surface area (Å²) in [6, 6.07) is 6.77. The lowest BCUT2D eigenvalue weighted by atomic mass is 10.0. The Morgan fingerprint density at radius 3 is 2.81 bits per heavy atom. The lowest BCUT2D eigenvalue weighted by molar-refractivity contribution is 0.167. The van der Waals surface area contributed by atoms with E-state index in [-0.39, 0.29) is 5.54 Å². The molecule has 0 bridgehead atoms. The van der Waals surface area contributed by atoms with Crippen LogP contribution in [0.15, 0.2) is 28.9 Å². The van der Waals surface area contributed by atoms with Crippen LogP contribution in [-0.2, 0) is 0 Å². The van der Waals surface area contributed by atoms with Crippen LogP contribution in [0.25, 0.3) is 21.3 Å². The van der Waals surface area contributed by atoms with Gasteiger partial charge in [-0.1, -0.05) is 22.6 Å². The monoisotopic (exact) mass is 384 g/mol. The standard InChI is InChI=1S/C21H28N4OS/c1-13(16-8-9-25(12-16)21(3,4)5)23-20-24-18-7-6-15(10-19(18)27-20)17-11-22-26-14(17)2/h6-7,10-11,13,16H,8-9,12H2,1-5H3,(H,23,24). The first-order valence-corrected chi connectivity index (χ1v) is 10.5. The van der Waals surface area contributed by atoms with Crippen molar-refractivity contribution in [3.63, 3.8) is 0 Å². The van der Waals surface area contributed by atoms with Gasteiger partial charge in [-0.05, 0) is 71.2 Å². The Hall–Kier alpha value is -1.92. The van der Waals surface area contributed by atoms with E-state index < -0.39 is 0 Å². The van der Waals surface area contributed by atoms with E-state index in [0.29, 0.717) is 12.0 Å². The van der Waals surface area contributed by atoms with Crippen LogP contribution in [0.2, 0.25) is 0 Å². The molecule has 0 amide bonds. The van der Waals surface area contributed by atoms with Crippen LogP contribution in [0.3, 0.4) is 0 Å². The fraction of sp³-hybridized carbons (Fsp3) is 0.524. The second-order valence-electron chi connectivity index (χ2n) is 8.60. The molecule has 1 N–H and O–H groups in total. The van der Waals surface area contributed by atoms with E-state index in [9.17, 15) is 0 Å². The van der Waals surface area contributed by atoms with Crippen molar-refractivity contribution in [2.45, 2.75) is 52.6 Å². The highest BCUT2D eigenvalue weighted by atomic mass is 32.1. The van der Waals surface area contributed by atoms with Crippen molar-refractivity contribution in [1.29, 1.82) is 0 Å². The number of nitrogens with zero attached hydrogens (tertiary/aromatic N) is 3. The molecule has 1 aliphatic rings. The molecule has 0 radical (unpaired) electrons. The maximum atomic E-state index is 5.20. The zero-order valence-electron chi connectivity index (χ0n) is 16.7. The second kappa shape index (κ2) is 6.91. The largest absolute Gasteiger partial charge is 0.361 e. The summed E-state index contributed by atoms with van der Waals surface area (Å²) >= 11 is 1.72. The van der Waals surface area contributed by atoms with Crippen molar-refractivity contribution in [3.05, 3.63) is 30.2 Å². The van der Waals surface area contributed by atoms with Gasteiger partial charge in [0, 0.05) is 23.7 Å². The summed E-state index contributed by atoms with van der Waals surface area (Å²) in [5.74, 6) is 1.50. The third-order valence-corrected chi connectivity index (χ3v) is 6.63. The Labute approximate surface area is 164 Å². The quantitative estimate of drug-likeness (QED) is 0.672. The van der Waals surface area contributed by atoms with E-state index in [0.717, 1.165) is 34.1 Å². The highest BCUT2D eigenvalue weighted by Crippen LogP contribution is 2.33. The molecule has 4 rings (SSSR count). The number of hydrogen-bond donors (Lipinski definition) is 1. The summed E-state index contributed by atoms with van der Waals surface area (Å²) in [4.78, 5) is 7.38. The van der Waals surface area contributed by atoms with Crippen LogP contribution in [-0.4, -0.2) is 39.7 Å². The molecule has 144 valence electrons. The number of likely N-dealkylation sites (tertiary alicyclic amines) is 1. The lowest BCUT2D eigenvalue weighted by Gasteiger charge is -2.32. The first kappa shape index (κ1) is 18.4. The van der Waals surface area contributed by atoms with Gasteiger partial charge in [-0.25, -0.2) is 4.98 Å². The number of hydrogen-bond acceptors (Lipinski definition) is 6. The second-order valence-corrected chi connectivity index (χ2v) is 9.63. The van der Waals surface area contributed by atoms with Crippen LogP contribution >= 0.6 is 11.3 Å². The molecule has 1 fully saturated rings. The van der Waals surface area contributed by atoms with Crippen molar-refractivity contribution in [2.75, 3.05) is 18.4 Å². The third kappa shape index (κ3) is 3.73. The highest BCUT2D eigenvalue weighted by molar-refractivity contribution is 7.22. The van der Waals surface area contributed by atoms with Crippen molar-refractivity contribution in [1.82, 2.24) is 15.0 Å². The number of fused-ring (bicyclic) bond motifs is 1. The van der Waals surface area contributed by atoms with Gasteiger partial charge in [0.05, 0.1) is 16.4 Å². The predicted octanol–water partition coefficient (Wildman–Crippen LogP) is 5.18. The molecular formula is C21H28N4OS. The normalized spacial score (nSPS) is 19.7. The topological polar surface area (TPSA) is 54.2 Å². The zero-order valence-corrected chi connectivity index (χ0v) is 17.6. The van der Waals surface area contributed by atoms with E-state index in [1.807, 2.05) is 6.92 Å². The van der Waals surface area contributed by atoms with Crippen molar-refractivity contribution in [2.24, 2.45) is 5.92 Å². The van der Waals surface area contributed by atoms with Gasteiger partial charge in [-0.2, -0.15) is 0 Å². The molecule has 0 saturated carbocycles. The minimum Gasteiger partial charge on any atom is -0.361 e. The summed E-state index contributed by atoms with van der Waals surface area (Å²) in [6.07, 6.45) is 3.02. The smallest absolute Gasteiger partial charge is 0.184 e. The Kier molecular flexibility index (Phi) is 4.72. The van der Waals surface area contributed by atoms with Crippen molar-refractivity contribution >= 4 is 26.7 Å². The van der Waals surface area contributed by atoms with E-state index in [1.54, 1.807) is 17.5 Å². The molecule has 3 heterocycles. The zero-order chi connectivity index (χ0) is 19.2. The van der Waals surface area contributed by atoms with Gasteiger partial charge < -0.3 is 9.84 Å². The van der Waals surface area contributed by atoms with Crippen LogP contribution in [0.5, 0.6) is 0 Å². The Morgan fingerprint density at radius 2 is 2.15 bits per heavy atom.